The van der Waals surface area contributed by atoms with Crippen molar-refractivity contribution >= 4 is 23.6 Å². The number of alkyl carbamates (subject to hydrolysis) is 1. The molecule has 2 aromatic carbocycles. The third-order valence-electron chi connectivity index (χ3n) is 5.66. The van der Waals surface area contributed by atoms with Gasteiger partial charge < -0.3 is 30.1 Å². The number of carbonyl (C=O) groups is 3. The number of terminal acetylenes is 1. The zero-order valence-corrected chi connectivity index (χ0v) is 21.5. The van der Waals surface area contributed by atoms with E-state index in [4.69, 9.17) is 15.9 Å². The first-order valence-corrected chi connectivity index (χ1v) is 12.0. The number of carbonyl (C=O) groups excluding carboxylic acids is 3. The van der Waals surface area contributed by atoms with Crippen molar-refractivity contribution in [2.45, 2.75) is 57.3 Å². The molecule has 1 saturated carbocycles. The molecular formula is C28H33N3O6. The molecule has 2 aromatic rings. The summed E-state index contributed by atoms with van der Waals surface area (Å²) in [6.45, 7) is 4.39. The molecule has 0 saturated heterocycles. The van der Waals surface area contributed by atoms with Crippen LogP contribution in [0.5, 0.6) is 5.75 Å². The van der Waals surface area contributed by atoms with Crippen molar-refractivity contribution in [3.05, 3.63) is 59.7 Å². The minimum atomic E-state index is -1.32. The maximum absolute atomic E-state index is 13.8. The second-order valence-electron chi connectivity index (χ2n) is 9.71. The highest BCUT2D eigenvalue weighted by Crippen LogP contribution is 2.37. The number of benzene rings is 2. The van der Waals surface area contributed by atoms with E-state index in [-0.39, 0.29) is 6.04 Å². The molecule has 3 rings (SSSR count). The van der Waals surface area contributed by atoms with E-state index in [1.165, 1.54) is 4.90 Å². The zero-order chi connectivity index (χ0) is 27.2. The third kappa shape index (κ3) is 7.24. The van der Waals surface area contributed by atoms with Crippen LogP contribution in [-0.2, 0) is 14.3 Å². The lowest BCUT2D eigenvalue weighted by Crippen LogP contribution is -2.54. The van der Waals surface area contributed by atoms with E-state index < -0.39 is 42.2 Å². The van der Waals surface area contributed by atoms with Gasteiger partial charge in [-0.2, -0.15) is 0 Å². The van der Waals surface area contributed by atoms with E-state index in [2.05, 4.69) is 16.6 Å². The lowest BCUT2D eigenvalue weighted by Gasteiger charge is -2.34. The second kappa shape index (κ2) is 11.8. The Morgan fingerprint density at radius 2 is 1.78 bits per heavy atom. The van der Waals surface area contributed by atoms with Crippen molar-refractivity contribution < 1.29 is 29.0 Å². The highest BCUT2D eigenvalue weighted by molar-refractivity contribution is 5.99. The summed E-state index contributed by atoms with van der Waals surface area (Å²) in [5.41, 5.74) is 0.625. The number of nitrogens with one attached hydrogen (secondary N) is 2. The fraction of sp³-hybridized carbons (Fsp3) is 0.393. The number of rotatable bonds is 9. The fourth-order valence-electron chi connectivity index (χ4n) is 3.86. The van der Waals surface area contributed by atoms with Crippen LogP contribution in [0.3, 0.4) is 0 Å². The van der Waals surface area contributed by atoms with Gasteiger partial charge in [-0.15, -0.1) is 6.42 Å². The summed E-state index contributed by atoms with van der Waals surface area (Å²) in [5.74, 6) is 2.12. The monoisotopic (exact) mass is 507 g/mol. The average molecular weight is 508 g/mol. The van der Waals surface area contributed by atoms with Gasteiger partial charge in [0.25, 0.3) is 5.91 Å². The summed E-state index contributed by atoms with van der Waals surface area (Å²) in [7, 11) is 1.54. The Labute approximate surface area is 217 Å². The zero-order valence-electron chi connectivity index (χ0n) is 21.5. The Morgan fingerprint density at radius 3 is 2.32 bits per heavy atom. The van der Waals surface area contributed by atoms with Crippen molar-refractivity contribution in [1.29, 1.82) is 0 Å². The third-order valence-corrected chi connectivity index (χ3v) is 5.66. The van der Waals surface area contributed by atoms with Gasteiger partial charge in [-0.25, -0.2) is 4.79 Å². The van der Waals surface area contributed by atoms with Crippen LogP contribution in [-0.4, -0.2) is 59.3 Å². The number of aliphatic hydroxyl groups is 1. The number of ether oxygens (including phenoxy) is 2. The van der Waals surface area contributed by atoms with Crippen LogP contribution in [0.15, 0.2) is 48.5 Å². The molecule has 0 aromatic heterocycles. The maximum atomic E-state index is 13.8. The summed E-state index contributed by atoms with van der Waals surface area (Å²) in [6.07, 6.45) is 6.23. The van der Waals surface area contributed by atoms with Gasteiger partial charge in [0.2, 0.25) is 5.91 Å². The molecule has 9 heteroatoms. The number of anilines is 1. The minimum Gasteiger partial charge on any atom is -0.497 e. The van der Waals surface area contributed by atoms with Crippen LogP contribution in [0.25, 0.3) is 0 Å². The molecule has 3 N–H and O–H groups in total. The molecule has 1 aliphatic rings. The molecule has 196 valence electrons. The van der Waals surface area contributed by atoms with Gasteiger partial charge in [0, 0.05) is 17.3 Å². The average Bonchev–Trinajstić information content (AvgIpc) is 3.70. The number of aliphatic hydroxyl groups excluding tert-OH is 1. The minimum absolute atomic E-state index is 0.264. The van der Waals surface area contributed by atoms with E-state index >= 15 is 0 Å². The van der Waals surface area contributed by atoms with Gasteiger partial charge in [0.05, 0.1) is 13.7 Å². The Morgan fingerprint density at radius 1 is 1.14 bits per heavy atom. The van der Waals surface area contributed by atoms with Gasteiger partial charge in [-0.1, -0.05) is 24.1 Å². The standard InChI is InChI=1S/C28H33N3O6/c1-6-18-9-7-8-10-22(18)24(25(33)29-19-11-15-21(36-5)16-12-19)31(20-13-14-20)26(34)23(17-32)30-27(35)37-28(2,3)4/h1,7-12,15-16,20,23-24,32H,13-14,17H2,2-5H3,(H,29,33)(H,30,35). The van der Waals surface area contributed by atoms with Gasteiger partial charge in [0.15, 0.2) is 0 Å². The van der Waals surface area contributed by atoms with Crippen LogP contribution in [0.2, 0.25) is 0 Å². The van der Waals surface area contributed by atoms with Gasteiger partial charge in [-0.3, -0.25) is 9.59 Å². The van der Waals surface area contributed by atoms with Crippen LogP contribution in [0.4, 0.5) is 10.5 Å². The molecule has 3 amide bonds. The molecule has 2 unspecified atom stereocenters. The van der Waals surface area contributed by atoms with Gasteiger partial charge in [-0.05, 0) is 69.5 Å². The molecule has 9 nitrogen and oxygen atoms in total. The molecule has 2 atom stereocenters. The molecule has 37 heavy (non-hydrogen) atoms. The number of amides is 3. The molecule has 0 radical (unpaired) electrons. The maximum Gasteiger partial charge on any atom is 0.408 e. The van der Waals surface area contributed by atoms with Crippen LogP contribution in [0.1, 0.15) is 50.8 Å². The smallest absolute Gasteiger partial charge is 0.408 e. The van der Waals surface area contributed by atoms with Crippen LogP contribution in [0, 0.1) is 12.3 Å². The first-order valence-electron chi connectivity index (χ1n) is 12.0. The number of nitrogens with zero attached hydrogens (tertiary/aromatic N) is 1. The topological polar surface area (TPSA) is 117 Å². The first kappa shape index (κ1) is 27.6. The van der Waals surface area contributed by atoms with Crippen LogP contribution >= 0.6 is 0 Å². The Balaban J connectivity index is 1.98. The Hall–Kier alpha value is -4.03. The Kier molecular flexibility index (Phi) is 8.79. The SMILES string of the molecule is C#Cc1ccccc1C(C(=O)Nc1ccc(OC)cc1)N(C(=O)C(CO)NC(=O)OC(C)(C)C)C1CC1. The molecule has 0 aliphatic heterocycles. The number of hydrogen-bond donors (Lipinski definition) is 3. The summed E-state index contributed by atoms with van der Waals surface area (Å²) < 4.78 is 10.4. The summed E-state index contributed by atoms with van der Waals surface area (Å²) >= 11 is 0. The molecular weight excluding hydrogens is 474 g/mol. The molecule has 0 bridgehead atoms. The van der Waals surface area contributed by atoms with Crippen molar-refractivity contribution in [2.24, 2.45) is 0 Å². The molecule has 1 fully saturated rings. The quantitative estimate of drug-likeness (QED) is 0.449. The molecule has 0 heterocycles. The highest BCUT2D eigenvalue weighted by Gasteiger charge is 2.44. The predicted octanol–water partition coefficient (Wildman–Crippen LogP) is 3.23. The summed E-state index contributed by atoms with van der Waals surface area (Å²) in [4.78, 5) is 41.3. The van der Waals surface area contributed by atoms with E-state index in [0.717, 1.165) is 0 Å². The second-order valence-corrected chi connectivity index (χ2v) is 9.71. The van der Waals surface area contributed by atoms with Crippen molar-refractivity contribution in [1.82, 2.24) is 10.2 Å². The fourth-order valence-corrected chi connectivity index (χ4v) is 3.86. The van der Waals surface area contributed by atoms with Gasteiger partial charge in [0.1, 0.15) is 23.4 Å². The van der Waals surface area contributed by atoms with Crippen molar-refractivity contribution in [3.8, 4) is 18.1 Å². The highest BCUT2D eigenvalue weighted by atomic mass is 16.6. The Bertz CT molecular complexity index is 1160. The van der Waals surface area contributed by atoms with E-state index in [0.29, 0.717) is 35.4 Å². The van der Waals surface area contributed by atoms with E-state index in [1.807, 2.05) is 0 Å². The molecule has 0 spiro atoms. The lowest BCUT2D eigenvalue weighted by atomic mass is 9.97. The van der Waals surface area contributed by atoms with Crippen LogP contribution < -0.4 is 15.4 Å². The summed E-state index contributed by atoms with van der Waals surface area (Å²) in [6, 6.07) is 11.0. The number of hydrogen-bond acceptors (Lipinski definition) is 6. The van der Waals surface area contributed by atoms with Crippen molar-refractivity contribution in [3.63, 3.8) is 0 Å². The van der Waals surface area contributed by atoms with E-state index in [1.54, 1.807) is 76.4 Å². The summed E-state index contributed by atoms with van der Waals surface area (Å²) in [5, 5.41) is 15.3. The lowest BCUT2D eigenvalue weighted by molar-refractivity contribution is -0.142. The molecule has 1 aliphatic carbocycles. The first-order chi connectivity index (χ1) is 17.6. The van der Waals surface area contributed by atoms with Gasteiger partial charge >= 0.3 is 6.09 Å². The van der Waals surface area contributed by atoms with E-state index in [9.17, 15) is 19.5 Å². The van der Waals surface area contributed by atoms with Crippen molar-refractivity contribution in [2.75, 3.05) is 19.0 Å². The largest absolute Gasteiger partial charge is 0.497 e. The number of methoxy groups -OCH3 is 1. The normalized spacial score (nSPS) is 14.5. The predicted molar refractivity (Wildman–Crippen MR) is 139 cm³/mol.